The highest BCUT2D eigenvalue weighted by Crippen LogP contribution is 2.44. The maximum atomic E-state index is 12.8. The van der Waals surface area contributed by atoms with Crippen molar-refractivity contribution in [2.45, 2.75) is 44.1 Å². The SMILES string of the molecule is COc1ccc2c(c1)NC1(CCN(C(=O)C3CCCC3)CC1)c1cccn1-2. The third kappa shape index (κ3) is 2.63. The van der Waals surface area contributed by atoms with Crippen LogP contribution in [0.1, 0.15) is 44.2 Å². The summed E-state index contributed by atoms with van der Waals surface area (Å²) >= 11 is 0. The van der Waals surface area contributed by atoms with Gasteiger partial charge in [-0.25, -0.2) is 0 Å². The summed E-state index contributed by atoms with van der Waals surface area (Å²) in [5, 5.41) is 3.82. The molecule has 3 heterocycles. The minimum atomic E-state index is -0.116. The Morgan fingerprint density at radius 2 is 1.96 bits per heavy atom. The Balaban J connectivity index is 1.42. The van der Waals surface area contributed by atoms with E-state index in [1.807, 2.05) is 6.07 Å². The highest BCUT2D eigenvalue weighted by molar-refractivity contribution is 5.79. The van der Waals surface area contributed by atoms with Gasteiger partial charge in [0.2, 0.25) is 5.91 Å². The second-order valence-electron chi connectivity index (χ2n) is 8.16. The molecule has 1 saturated heterocycles. The monoisotopic (exact) mass is 365 g/mol. The van der Waals surface area contributed by atoms with Crippen molar-refractivity contribution in [3.8, 4) is 11.4 Å². The van der Waals surface area contributed by atoms with Crippen LogP contribution in [0.15, 0.2) is 36.5 Å². The van der Waals surface area contributed by atoms with E-state index in [9.17, 15) is 4.79 Å². The second-order valence-corrected chi connectivity index (χ2v) is 8.16. The van der Waals surface area contributed by atoms with Crippen molar-refractivity contribution in [2.75, 3.05) is 25.5 Å². The molecule has 0 bridgehead atoms. The molecule has 1 saturated carbocycles. The van der Waals surface area contributed by atoms with E-state index in [0.29, 0.717) is 5.91 Å². The molecule has 27 heavy (non-hydrogen) atoms. The zero-order valence-corrected chi connectivity index (χ0v) is 15.9. The molecule has 1 N–H and O–H groups in total. The van der Waals surface area contributed by atoms with Gasteiger partial charge in [-0.15, -0.1) is 0 Å². The first-order valence-corrected chi connectivity index (χ1v) is 10.1. The number of nitrogens with zero attached hydrogens (tertiary/aromatic N) is 2. The number of amides is 1. The molecule has 0 atom stereocenters. The van der Waals surface area contributed by atoms with Crippen LogP contribution in [0, 0.1) is 5.92 Å². The molecule has 1 aromatic carbocycles. The van der Waals surface area contributed by atoms with Crippen molar-refractivity contribution in [1.82, 2.24) is 9.47 Å². The standard InChI is InChI=1S/C22H27N3O2/c1-27-17-8-9-19-18(15-17)23-22(20-7-4-12-25(19)20)10-13-24(14-11-22)21(26)16-5-2-3-6-16/h4,7-9,12,15-16,23H,2-3,5-6,10-11,13-14H2,1H3. The molecule has 0 unspecified atom stereocenters. The summed E-state index contributed by atoms with van der Waals surface area (Å²) in [4.78, 5) is 14.9. The second kappa shape index (κ2) is 6.32. The van der Waals surface area contributed by atoms with Crippen molar-refractivity contribution in [1.29, 1.82) is 0 Å². The first-order chi connectivity index (χ1) is 13.2. The molecule has 2 fully saturated rings. The molecular weight excluding hydrogens is 338 g/mol. The van der Waals surface area contributed by atoms with Gasteiger partial charge in [0, 0.05) is 37.0 Å². The van der Waals surface area contributed by atoms with E-state index in [1.54, 1.807) is 7.11 Å². The fraction of sp³-hybridized carbons (Fsp3) is 0.500. The largest absolute Gasteiger partial charge is 0.497 e. The number of anilines is 1. The number of carbonyl (C=O) groups excluding carboxylic acids is 1. The number of piperidine rings is 1. The Labute approximate surface area is 160 Å². The van der Waals surface area contributed by atoms with Gasteiger partial charge in [-0.1, -0.05) is 12.8 Å². The zero-order chi connectivity index (χ0) is 18.4. The highest BCUT2D eigenvalue weighted by atomic mass is 16.5. The quantitative estimate of drug-likeness (QED) is 0.877. The molecule has 3 aliphatic rings. The first-order valence-electron chi connectivity index (χ1n) is 10.1. The van der Waals surface area contributed by atoms with Gasteiger partial charge in [-0.2, -0.15) is 0 Å². The molecule has 1 spiro atoms. The Hall–Kier alpha value is -2.43. The van der Waals surface area contributed by atoms with Crippen LogP contribution < -0.4 is 10.1 Å². The molecule has 1 aromatic heterocycles. The van der Waals surface area contributed by atoms with Crippen LogP contribution in [0.3, 0.4) is 0 Å². The molecule has 0 radical (unpaired) electrons. The topological polar surface area (TPSA) is 46.5 Å². The van der Waals surface area contributed by atoms with E-state index in [4.69, 9.17) is 4.74 Å². The molecule has 1 amide bonds. The predicted molar refractivity (Wildman–Crippen MR) is 105 cm³/mol. The van der Waals surface area contributed by atoms with Crippen LogP contribution in [-0.4, -0.2) is 35.6 Å². The van der Waals surface area contributed by atoms with Crippen LogP contribution in [0.2, 0.25) is 0 Å². The summed E-state index contributed by atoms with van der Waals surface area (Å²) in [5.74, 6) is 1.52. The molecule has 5 heteroatoms. The maximum absolute atomic E-state index is 12.8. The van der Waals surface area contributed by atoms with E-state index in [1.165, 1.54) is 18.5 Å². The molecule has 5 rings (SSSR count). The summed E-state index contributed by atoms with van der Waals surface area (Å²) < 4.78 is 7.72. The third-order valence-corrected chi connectivity index (χ3v) is 6.71. The van der Waals surface area contributed by atoms with Crippen LogP contribution in [0.4, 0.5) is 5.69 Å². The smallest absolute Gasteiger partial charge is 0.225 e. The van der Waals surface area contributed by atoms with Crippen LogP contribution in [0.5, 0.6) is 5.75 Å². The normalized spacial score (nSPS) is 20.9. The third-order valence-electron chi connectivity index (χ3n) is 6.71. The van der Waals surface area contributed by atoms with Crippen molar-refractivity contribution >= 4 is 11.6 Å². The molecule has 5 nitrogen and oxygen atoms in total. The number of hydrogen-bond donors (Lipinski definition) is 1. The lowest BCUT2D eigenvalue weighted by molar-refractivity contribution is -0.136. The summed E-state index contributed by atoms with van der Waals surface area (Å²) in [5.41, 5.74) is 3.45. The van der Waals surface area contributed by atoms with Gasteiger partial charge in [-0.3, -0.25) is 4.79 Å². The minimum absolute atomic E-state index is 0.116. The van der Waals surface area contributed by atoms with Gasteiger partial charge in [0.1, 0.15) is 5.75 Å². The average molecular weight is 365 g/mol. The van der Waals surface area contributed by atoms with E-state index >= 15 is 0 Å². The predicted octanol–water partition coefficient (Wildman–Crippen LogP) is 3.92. The lowest BCUT2D eigenvalue weighted by atomic mass is 9.82. The van der Waals surface area contributed by atoms with Gasteiger partial charge < -0.3 is 19.5 Å². The van der Waals surface area contributed by atoms with Gasteiger partial charge in [0.15, 0.2) is 0 Å². The van der Waals surface area contributed by atoms with Crippen molar-refractivity contribution < 1.29 is 9.53 Å². The van der Waals surface area contributed by atoms with Crippen LogP contribution >= 0.6 is 0 Å². The Morgan fingerprint density at radius 3 is 2.70 bits per heavy atom. The number of benzene rings is 1. The number of nitrogens with one attached hydrogen (secondary N) is 1. The molecule has 142 valence electrons. The minimum Gasteiger partial charge on any atom is -0.497 e. The number of fused-ring (bicyclic) bond motifs is 4. The maximum Gasteiger partial charge on any atom is 0.225 e. The summed E-state index contributed by atoms with van der Waals surface area (Å²) in [6.45, 7) is 1.65. The Morgan fingerprint density at radius 1 is 1.19 bits per heavy atom. The van der Waals surface area contributed by atoms with Gasteiger partial charge in [-0.05, 0) is 49.9 Å². The number of hydrogen-bond acceptors (Lipinski definition) is 3. The van der Waals surface area contributed by atoms with Crippen LogP contribution in [-0.2, 0) is 10.3 Å². The van der Waals surface area contributed by atoms with Crippen molar-refractivity contribution in [2.24, 2.45) is 5.92 Å². The number of aromatic nitrogens is 1. The number of ether oxygens (including phenoxy) is 1. The Bertz CT molecular complexity index is 858. The Kier molecular flexibility index (Phi) is 3.92. The van der Waals surface area contributed by atoms with Crippen molar-refractivity contribution in [3.05, 3.63) is 42.2 Å². The summed E-state index contributed by atoms with van der Waals surface area (Å²) in [7, 11) is 1.70. The number of methoxy groups -OCH3 is 1. The molecule has 2 aromatic rings. The molecular formula is C22H27N3O2. The van der Waals surface area contributed by atoms with Gasteiger partial charge in [0.05, 0.1) is 24.0 Å². The lowest BCUT2D eigenvalue weighted by Gasteiger charge is -2.46. The van der Waals surface area contributed by atoms with E-state index in [-0.39, 0.29) is 11.5 Å². The average Bonchev–Trinajstić information content (AvgIpc) is 3.40. The van der Waals surface area contributed by atoms with Crippen molar-refractivity contribution in [3.63, 3.8) is 0 Å². The summed E-state index contributed by atoms with van der Waals surface area (Å²) in [6.07, 6.45) is 8.59. The molecule has 2 aliphatic heterocycles. The highest BCUT2D eigenvalue weighted by Gasteiger charge is 2.43. The zero-order valence-electron chi connectivity index (χ0n) is 15.9. The van der Waals surface area contributed by atoms with E-state index in [2.05, 4.69) is 45.2 Å². The lowest BCUT2D eigenvalue weighted by Crippen LogP contribution is -2.51. The number of carbonyl (C=O) groups is 1. The number of likely N-dealkylation sites (tertiary alicyclic amines) is 1. The van der Waals surface area contributed by atoms with Gasteiger partial charge >= 0.3 is 0 Å². The van der Waals surface area contributed by atoms with Gasteiger partial charge in [0.25, 0.3) is 0 Å². The van der Waals surface area contributed by atoms with E-state index < -0.39 is 0 Å². The van der Waals surface area contributed by atoms with E-state index in [0.717, 1.165) is 55.9 Å². The van der Waals surface area contributed by atoms with Crippen LogP contribution in [0.25, 0.3) is 5.69 Å². The summed E-state index contributed by atoms with van der Waals surface area (Å²) in [6, 6.07) is 10.5. The molecule has 1 aliphatic carbocycles. The fourth-order valence-electron chi connectivity index (χ4n) is 5.18. The number of rotatable bonds is 2. The first kappa shape index (κ1) is 16.7. The fourth-order valence-corrected chi connectivity index (χ4v) is 5.18.